The number of aryl methyl sites for hydroxylation is 1. The van der Waals surface area contributed by atoms with Crippen LogP contribution in [-0.2, 0) is 19.1 Å². The summed E-state index contributed by atoms with van der Waals surface area (Å²) in [7, 11) is 2.86. The summed E-state index contributed by atoms with van der Waals surface area (Å²) in [5.41, 5.74) is 1.60. The third-order valence-corrected chi connectivity index (χ3v) is 7.23. The number of carbonyl (C=O) groups excluding carboxylic acids is 3. The molecule has 0 amide bonds. The molecule has 0 aliphatic heterocycles. The number of aromatic nitrogens is 1. The van der Waals surface area contributed by atoms with E-state index in [4.69, 9.17) is 18.9 Å². The molecule has 0 saturated carbocycles. The van der Waals surface area contributed by atoms with Gasteiger partial charge in [0.2, 0.25) is 5.75 Å². The number of halogens is 1. The van der Waals surface area contributed by atoms with Gasteiger partial charge >= 0.3 is 11.9 Å². The van der Waals surface area contributed by atoms with Gasteiger partial charge in [0.15, 0.2) is 17.2 Å². The molecule has 0 aliphatic carbocycles. The Bertz CT molecular complexity index is 1170. The largest absolute Gasteiger partial charge is 0.493 e. The zero-order chi connectivity index (χ0) is 30.0. The summed E-state index contributed by atoms with van der Waals surface area (Å²) in [5, 5.41) is 0. The minimum Gasteiger partial charge on any atom is -0.493 e. The van der Waals surface area contributed by atoms with Crippen LogP contribution in [0.3, 0.4) is 0 Å². The molecule has 1 aromatic heterocycles. The zero-order valence-electron chi connectivity index (χ0n) is 24.8. The molecule has 2 aromatic rings. The van der Waals surface area contributed by atoms with Crippen LogP contribution in [-0.4, -0.2) is 49.6 Å². The highest BCUT2D eigenvalue weighted by molar-refractivity contribution is 6.00. The van der Waals surface area contributed by atoms with E-state index in [1.165, 1.54) is 38.6 Å². The molecule has 0 radical (unpaired) electrons. The van der Waals surface area contributed by atoms with Crippen LogP contribution in [0.1, 0.15) is 81.4 Å². The number of benzene rings is 1. The molecular weight excluding hydrogens is 517 g/mol. The second-order valence-electron chi connectivity index (χ2n) is 10.4. The maximum atomic E-state index is 13.8. The van der Waals surface area contributed by atoms with E-state index in [0.717, 1.165) is 11.1 Å². The molecule has 4 atom stereocenters. The molecule has 0 spiro atoms. The fourth-order valence-corrected chi connectivity index (χ4v) is 4.85. The van der Waals surface area contributed by atoms with Crippen molar-refractivity contribution in [2.45, 2.75) is 72.8 Å². The van der Waals surface area contributed by atoms with Gasteiger partial charge < -0.3 is 18.9 Å². The average Bonchev–Trinajstić information content (AvgIpc) is 2.91. The van der Waals surface area contributed by atoms with Crippen LogP contribution in [0, 0.1) is 30.5 Å². The summed E-state index contributed by atoms with van der Waals surface area (Å²) in [5.74, 6) is -2.81. The molecule has 220 valence electrons. The number of ketones is 1. The highest BCUT2D eigenvalue weighted by Crippen LogP contribution is 2.35. The molecule has 0 fully saturated rings. The number of pyridine rings is 1. The average molecular weight is 560 g/mol. The smallest absolute Gasteiger partial charge is 0.313 e. The molecule has 0 N–H and O–H groups in total. The van der Waals surface area contributed by atoms with E-state index in [0.29, 0.717) is 6.42 Å². The van der Waals surface area contributed by atoms with E-state index in [9.17, 15) is 18.8 Å². The van der Waals surface area contributed by atoms with Gasteiger partial charge in [-0.05, 0) is 48.9 Å². The third kappa shape index (κ3) is 8.58. The van der Waals surface area contributed by atoms with Crippen LogP contribution in [0.15, 0.2) is 30.5 Å². The van der Waals surface area contributed by atoms with Gasteiger partial charge in [-0.15, -0.1) is 0 Å². The Kier molecular flexibility index (Phi) is 12.7. The minimum atomic E-state index is -0.757. The van der Waals surface area contributed by atoms with Gasteiger partial charge in [-0.1, -0.05) is 40.2 Å². The fourth-order valence-electron chi connectivity index (χ4n) is 4.85. The number of methoxy groups -OCH3 is 2. The number of nitrogens with zero attached hydrogens (tertiary/aromatic N) is 1. The van der Waals surface area contributed by atoms with Crippen LogP contribution in [0.4, 0.5) is 4.39 Å². The number of ether oxygens (including phenoxy) is 4. The highest BCUT2D eigenvalue weighted by atomic mass is 19.1. The molecular formula is C31H42FNO7. The van der Waals surface area contributed by atoms with Gasteiger partial charge in [0.25, 0.3) is 0 Å². The van der Waals surface area contributed by atoms with Crippen molar-refractivity contribution >= 4 is 17.7 Å². The monoisotopic (exact) mass is 559 g/mol. The number of carbonyl (C=O) groups is 3. The summed E-state index contributed by atoms with van der Waals surface area (Å²) in [6, 6.07) is 6.11. The van der Waals surface area contributed by atoms with Crippen molar-refractivity contribution in [2.75, 3.05) is 20.8 Å². The molecule has 2 rings (SSSR count). The lowest BCUT2D eigenvalue weighted by molar-refractivity contribution is -0.156. The van der Waals surface area contributed by atoms with Gasteiger partial charge in [0.05, 0.1) is 26.1 Å². The summed E-state index contributed by atoms with van der Waals surface area (Å²) in [4.78, 5) is 43.5. The third-order valence-electron chi connectivity index (χ3n) is 7.23. The first-order valence-corrected chi connectivity index (χ1v) is 13.7. The molecule has 0 unspecified atom stereocenters. The Morgan fingerprint density at radius 3 is 2.33 bits per heavy atom. The van der Waals surface area contributed by atoms with Crippen molar-refractivity contribution in [1.29, 1.82) is 0 Å². The van der Waals surface area contributed by atoms with Gasteiger partial charge in [0, 0.05) is 31.7 Å². The predicted molar refractivity (Wildman–Crippen MR) is 149 cm³/mol. The first kappa shape index (κ1) is 32.9. The van der Waals surface area contributed by atoms with Gasteiger partial charge in [0.1, 0.15) is 11.9 Å². The Balaban J connectivity index is 2.32. The summed E-state index contributed by atoms with van der Waals surface area (Å²) in [6.07, 6.45) is 1.29. The molecule has 0 aliphatic rings. The fraction of sp³-hybridized carbons (Fsp3) is 0.548. The first-order chi connectivity index (χ1) is 18.9. The van der Waals surface area contributed by atoms with Gasteiger partial charge in [-0.25, -0.2) is 9.37 Å². The Hall–Kier alpha value is -3.33. The van der Waals surface area contributed by atoms with Gasteiger partial charge in [-0.3, -0.25) is 14.4 Å². The number of hydrogen-bond acceptors (Lipinski definition) is 8. The lowest BCUT2D eigenvalue weighted by atomic mass is 9.82. The molecule has 1 aromatic carbocycles. The number of hydrogen-bond donors (Lipinski definition) is 0. The van der Waals surface area contributed by atoms with Crippen molar-refractivity contribution in [2.24, 2.45) is 17.8 Å². The van der Waals surface area contributed by atoms with Crippen LogP contribution < -0.4 is 9.47 Å². The topological polar surface area (TPSA) is 101 Å². The predicted octanol–water partition coefficient (Wildman–Crippen LogP) is 6.09. The molecule has 1 heterocycles. The normalized spacial score (nSPS) is 14.2. The SMILES string of the molecule is CC[C@H](C)[C@H](CC(=O)c1nccc(OC)c1OC(=O)CCOC)C(=O)O[C@@H](C)[C@H](c1ccc(F)cc1C)C(C)C. The zero-order valence-corrected chi connectivity index (χ0v) is 24.8. The lowest BCUT2D eigenvalue weighted by Gasteiger charge is -2.31. The van der Waals surface area contributed by atoms with E-state index in [1.807, 2.05) is 41.5 Å². The van der Waals surface area contributed by atoms with E-state index in [-0.39, 0.29) is 60.2 Å². The number of Topliss-reactive ketones (excluding diaryl/α,β-unsaturated/α-hetero) is 1. The van der Waals surface area contributed by atoms with Crippen LogP contribution in [0.2, 0.25) is 0 Å². The highest BCUT2D eigenvalue weighted by Gasteiger charge is 2.34. The van der Waals surface area contributed by atoms with Crippen LogP contribution >= 0.6 is 0 Å². The second kappa shape index (κ2) is 15.5. The Morgan fingerprint density at radius 2 is 1.75 bits per heavy atom. The molecule has 9 heteroatoms. The molecule has 8 nitrogen and oxygen atoms in total. The molecule has 0 saturated heterocycles. The molecule has 40 heavy (non-hydrogen) atoms. The van der Waals surface area contributed by atoms with Gasteiger partial charge in [-0.2, -0.15) is 0 Å². The summed E-state index contributed by atoms with van der Waals surface area (Å²) in [6.45, 7) is 11.7. The quantitative estimate of drug-likeness (QED) is 0.191. The van der Waals surface area contributed by atoms with E-state index in [2.05, 4.69) is 4.98 Å². The van der Waals surface area contributed by atoms with E-state index >= 15 is 0 Å². The number of esters is 2. The van der Waals surface area contributed by atoms with Crippen molar-refractivity contribution in [3.05, 3.63) is 53.1 Å². The molecule has 0 bridgehead atoms. The van der Waals surface area contributed by atoms with E-state index in [1.54, 1.807) is 6.07 Å². The summed E-state index contributed by atoms with van der Waals surface area (Å²) >= 11 is 0. The minimum absolute atomic E-state index is 0.0214. The maximum Gasteiger partial charge on any atom is 0.313 e. The van der Waals surface area contributed by atoms with Crippen LogP contribution in [0.5, 0.6) is 11.5 Å². The Labute approximate surface area is 236 Å². The van der Waals surface area contributed by atoms with Crippen LogP contribution in [0.25, 0.3) is 0 Å². The standard InChI is InChI=1S/C31H42FNO7/c1-9-19(4)24(31(36)39-21(6)28(18(2)3)23-11-10-22(32)16-20(23)5)17-25(34)29-30(26(38-8)12-14-33-29)40-27(35)13-15-37-7/h10-12,14,16,18-19,21,24,28H,9,13,15,17H2,1-8H3/t19-,21-,24-,28+/m0/s1. The van der Waals surface area contributed by atoms with Crippen molar-refractivity contribution < 1.29 is 37.7 Å². The van der Waals surface area contributed by atoms with Crippen molar-refractivity contribution in [3.8, 4) is 11.5 Å². The lowest BCUT2D eigenvalue weighted by Crippen LogP contribution is -2.33. The van der Waals surface area contributed by atoms with Crippen molar-refractivity contribution in [3.63, 3.8) is 0 Å². The Morgan fingerprint density at radius 1 is 1.05 bits per heavy atom. The first-order valence-electron chi connectivity index (χ1n) is 13.7. The summed E-state index contributed by atoms with van der Waals surface area (Å²) < 4.78 is 35.4. The van der Waals surface area contributed by atoms with Crippen molar-refractivity contribution in [1.82, 2.24) is 4.98 Å². The second-order valence-corrected chi connectivity index (χ2v) is 10.4. The number of rotatable bonds is 15. The van der Waals surface area contributed by atoms with E-state index < -0.39 is 29.7 Å². The maximum absolute atomic E-state index is 13.8.